The van der Waals surface area contributed by atoms with Crippen LogP contribution >= 0.6 is 0 Å². The predicted molar refractivity (Wildman–Crippen MR) is 188 cm³/mol. The van der Waals surface area contributed by atoms with Gasteiger partial charge in [0, 0.05) is 36.2 Å². The Kier molecular flexibility index (Phi) is 9.27. The highest BCUT2D eigenvalue weighted by molar-refractivity contribution is 7.91. The van der Waals surface area contributed by atoms with Crippen LogP contribution < -0.4 is 19.5 Å². The van der Waals surface area contributed by atoms with Gasteiger partial charge in [-0.2, -0.15) is 0 Å². The average molecular weight is 705 g/mol. The smallest absolute Gasteiger partial charge is 0.328 e. The monoisotopic (exact) mass is 704 g/mol. The van der Waals surface area contributed by atoms with Gasteiger partial charge >= 0.3 is 6.03 Å². The Morgan fingerprint density at radius 2 is 1.88 bits per heavy atom. The zero-order valence-electron chi connectivity index (χ0n) is 29.0. The van der Waals surface area contributed by atoms with E-state index in [4.69, 9.17) is 9.47 Å². The third-order valence-electron chi connectivity index (χ3n) is 9.74. The third kappa shape index (κ3) is 6.72. The Labute approximate surface area is 292 Å². The van der Waals surface area contributed by atoms with E-state index in [0.29, 0.717) is 36.7 Å². The van der Waals surface area contributed by atoms with Crippen molar-refractivity contribution in [1.82, 2.24) is 24.5 Å². The van der Waals surface area contributed by atoms with Gasteiger partial charge in [-0.05, 0) is 73.4 Å². The second-order valence-electron chi connectivity index (χ2n) is 14.4. The SMILES string of the molecule is C=C[C@@H]1C[C@@]1(C(=O)NS(=O)(=O)C1CC1)N(C(=O)[C@@H](Nc1ccccn1)C(C)(C)C)C(=O)N1C[C@H](Oc2nccc3cc(OC)ccc23)CC1C. The molecule has 1 saturated heterocycles. The van der Waals surface area contributed by atoms with Crippen molar-refractivity contribution in [3.8, 4) is 11.6 Å². The number of benzene rings is 1. The molecule has 1 aliphatic heterocycles. The summed E-state index contributed by atoms with van der Waals surface area (Å²) in [5.41, 5.74) is -2.57. The number of rotatable bonds is 11. The van der Waals surface area contributed by atoms with Crippen LogP contribution in [0.2, 0.25) is 0 Å². The van der Waals surface area contributed by atoms with Crippen molar-refractivity contribution in [3.05, 3.63) is 67.5 Å². The number of urea groups is 1. The minimum Gasteiger partial charge on any atom is -0.497 e. The van der Waals surface area contributed by atoms with Crippen molar-refractivity contribution in [2.75, 3.05) is 19.0 Å². The average Bonchev–Trinajstić information content (AvgIpc) is 4.01. The van der Waals surface area contributed by atoms with Gasteiger partial charge in [-0.1, -0.05) is 32.9 Å². The number of aromatic nitrogens is 2. The van der Waals surface area contributed by atoms with E-state index in [-0.39, 0.29) is 13.0 Å². The number of sulfonamides is 1. The van der Waals surface area contributed by atoms with Crippen LogP contribution in [0.25, 0.3) is 10.8 Å². The molecule has 1 unspecified atom stereocenters. The molecule has 2 aliphatic carbocycles. The van der Waals surface area contributed by atoms with E-state index in [9.17, 15) is 22.8 Å². The molecule has 3 heterocycles. The largest absolute Gasteiger partial charge is 0.497 e. The summed E-state index contributed by atoms with van der Waals surface area (Å²) in [6, 6.07) is 10.5. The van der Waals surface area contributed by atoms with Gasteiger partial charge in [-0.25, -0.2) is 28.1 Å². The standard InChI is InChI=1S/C36H44N6O7S/c1-7-24-20-36(24,33(44)40-50(46,47)27-12-13-27)42(32(43)30(35(3,4)5)39-29-10-8-9-16-37-29)34(45)41-21-26(18-22(41)2)49-31-28-14-11-25(48-6)19-23(28)15-17-38-31/h7-11,14-17,19,22,24,26-27,30H,1,12-13,18,20-21H2,2-6H3,(H,37,39)(H,40,44)/t22?,24-,26-,30-,36-/m1/s1. The van der Waals surface area contributed by atoms with Crippen LogP contribution in [0.15, 0.2) is 67.5 Å². The number of carbonyl (C=O) groups is 3. The number of imide groups is 1. The van der Waals surface area contributed by atoms with Gasteiger partial charge in [0.05, 0.1) is 18.9 Å². The quantitative estimate of drug-likeness (QED) is 0.272. The Balaban J connectivity index is 1.35. The van der Waals surface area contributed by atoms with Crippen LogP contribution in [-0.2, 0) is 19.6 Å². The molecule has 3 fully saturated rings. The van der Waals surface area contributed by atoms with Crippen molar-refractivity contribution in [2.24, 2.45) is 11.3 Å². The number of methoxy groups -OCH3 is 1. The van der Waals surface area contributed by atoms with Crippen molar-refractivity contribution in [2.45, 2.75) is 82.4 Å². The summed E-state index contributed by atoms with van der Waals surface area (Å²) in [5.74, 6) is -0.775. The number of nitrogens with zero attached hydrogens (tertiary/aromatic N) is 4. The summed E-state index contributed by atoms with van der Waals surface area (Å²) in [4.78, 5) is 55.2. The molecule has 2 saturated carbocycles. The molecular formula is C36H44N6O7S. The van der Waals surface area contributed by atoms with E-state index in [1.165, 1.54) is 11.0 Å². The first-order valence-electron chi connectivity index (χ1n) is 16.8. The molecular weight excluding hydrogens is 660 g/mol. The number of pyridine rings is 2. The van der Waals surface area contributed by atoms with Gasteiger partial charge in [0.15, 0.2) is 0 Å². The maximum Gasteiger partial charge on any atom is 0.328 e. The molecule has 2 aromatic heterocycles. The second-order valence-corrected chi connectivity index (χ2v) is 16.4. The molecule has 5 atom stereocenters. The predicted octanol–water partition coefficient (Wildman–Crippen LogP) is 4.51. The highest BCUT2D eigenvalue weighted by Crippen LogP contribution is 2.51. The van der Waals surface area contributed by atoms with Crippen molar-refractivity contribution in [3.63, 3.8) is 0 Å². The Bertz CT molecular complexity index is 1910. The second kappa shape index (κ2) is 13.2. The molecule has 4 amide bonds. The van der Waals surface area contributed by atoms with E-state index in [1.54, 1.807) is 37.7 Å². The first kappa shape index (κ1) is 35.1. The van der Waals surface area contributed by atoms with E-state index in [1.807, 2.05) is 52.0 Å². The first-order valence-corrected chi connectivity index (χ1v) is 18.3. The van der Waals surface area contributed by atoms with Crippen molar-refractivity contribution < 1.29 is 32.3 Å². The Morgan fingerprint density at radius 3 is 2.50 bits per heavy atom. The van der Waals surface area contributed by atoms with Crippen molar-refractivity contribution >= 4 is 44.5 Å². The summed E-state index contributed by atoms with van der Waals surface area (Å²) in [6.07, 6.45) is 5.57. The van der Waals surface area contributed by atoms with Gasteiger partial charge in [-0.3, -0.25) is 14.3 Å². The lowest BCUT2D eigenvalue weighted by Gasteiger charge is -2.40. The molecule has 3 aromatic rings. The summed E-state index contributed by atoms with van der Waals surface area (Å²) >= 11 is 0. The van der Waals surface area contributed by atoms with Gasteiger partial charge < -0.3 is 19.7 Å². The maximum atomic E-state index is 14.9. The summed E-state index contributed by atoms with van der Waals surface area (Å²) < 4.78 is 40.0. The zero-order valence-corrected chi connectivity index (χ0v) is 29.8. The van der Waals surface area contributed by atoms with Crippen LogP contribution in [0, 0.1) is 11.3 Å². The fourth-order valence-corrected chi connectivity index (χ4v) is 8.02. The third-order valence-corrected chi connectivity index (χ3v) is 11.6. The number of anilines is 1. The number of hydrogen-bond acceptors (Lipinski definition) is 10. The number of fused-ring (bicyclic) bond motifs is 1. The molecule has 13 nitrogen and oxygen atoms in total. The summed E-state index contributed by atoms with van der Waals surface area (Å²) in [6.45, 7) is 11.3. The molecule has 266 valence electrons. The lowest BCUT2D eigenvalue weighted by atomic mass is 9.85. The highest BCUT2D eigenvalue weighted by Gasteiger charge is 2.68. The van der Waals surface area contributed by atoms with Crippen LogP contribution in [0.3, 0.4) is 0 Å². The lowest BCUT2D eigenvalue weighted by molar-refractivity contribution is -0.141. The number of likely N-dealkylation sites (tertiary alicyclic amines) is 1. The van der Waals surface area contributed by atoms with Gasteiger partial charge in [-0.15, -0.1) is 6.58 Å². The fourth-order valence-electron chi connectivity index (χ4n) is 6.66. The minimum atomic E-state index is -4.00. The summed E-state index contributed by atoms with van der Waals surface area (Å²) in [5, 5.41) is 4.14. The molecule has 50 heavy (non-hydrogen) atoms. The van der Waals surface area contributed by atoms with Crippen molar-refractivity contribution in [1.29, 1.82) is 0 Å². The molecule has 0 radical (unpaired) electrons. The molecule has 3 aliphatic rings. The van der Waals surface area contributed by atoms with E-state index < -0.39 is 68.2 Å². The Hall–Kier alpha value is -4.72. The first-order chi connectivity index (χ1) is 23.7. The summed E-state index contributed by atoms with van der Waals surface area (Å²) in [7, 11) is -2.40. The van der Waals surface area contributed by atoms with Crippen LogP contribution in [0.4, 0.5) is 10.6 Å². The molecule has 1 aromatic carbocycles. The topological polar surface area (TPSA) is 160 Å². The zero-order chi connectivity index (χ0) is 36.0. The normalized spacial score (nSPS) is 23.9. The number of nitrogens with one attached hydrogen (secondary N) is 2. The molecule has 0 spiro atoms. The molecule has 6 rings (SSSR count). The lowest BCUT2D eigenvalue weighted by Crippen LogP contribution is -2.64. The van der Waals surface area contributed by atoms with Crippen LogP contribution in [0.1, 0.15) is 53.4 Å². The number of ether oxygens (including phenoxy) is 2. The van der Waals surface area contributed by atoms with Gasteiger partial charge in [0.1, 0.15) is 29.3 Å². The Morgan fingerprint density at radius 1 is 1.12 bits per heavy atom. The molecule has 14 heteroatoms. The fraction of sp³-hybridized carbons (Fsp3) is 0.472. The van der Waals surface area contributed by atoms with Gasteiger partial charge in [0.2, 0.25) is 15.9 Å². The van der Waals surface area contributed by atoms with E-state index in [2.05, 4.69) is 26.6 Å². The van der Waals surface area contributed by atoms with Gasteiger partial charge in [0.25, 0.3) is 11.8 Å². The highest BCUT2D eigenvalue weighted by atomic mass is 32.2. The van der Waals surface area contributed by atoms with Crippen LogP contribution in [0.5, 0.6) is 11.6 Å². The maximum absolute atomic E-state index is 14.9. The number of hydrogen-bond donors (Lipinski definition) is 2. The number of amides is 4. The molecule has 0 bridgehead atoms. The number of carbonyl (C=O) groups excluding carboxylic acids is 3. The minimum absolute atomic E-state index is 0.0337. The van der Waals surface area contributed by atoms with E-state index in [0.717, 1.165) is 15.7 Å². The van der Waals surface area contributed by atoms with E-state index >= 15 is 0 Å². The van der Waals surface area contributed by atoms with Crippen LogP contribution in [-0.4, -0.2) is 88.7 Å². The molecule has 2 N–H and O–H groups in total.